The molecule has 1 fully saturated rings. The van der Waals surface area contributed by atoms with Crippen molar-refractivity contribution in [2.75, 3.05) is 42.8 Å². The lowest BCUT2D eigenvalue weighted by Crippen LogP contribution is -2.38. The van der Waals surface area contributed by atoms with Crippen LogP contribution < -0.4 is 15.3 Å². The first kappa shape index (κ1) is 17.6. The summed E-state index contributed by atoms with van der Waals surface area (Å²) in [5.74, 6) is -1.16. The van der Waals surface area contributed by atoms with E-state index in [4.69, 9.17) is 4.74 Å². The molecule has 6 heteroatoms. The Hall–Kier alpha value is -2.18. The lowest BCUT2D eigenvalue weighted by Gasteiger charge is -2.31. The molecule has 0 radical (unpaired) electrons. The van der Waals surface area contributed by atoms with Gasteiger partial charge in [-0.1, -0.05) is 12.1 Å². The van der Waals surface area contributed by atoms with Crippen molar-refractivity contribution in [3.05, 3.63) is 53.6 Å². The van der Waals surface area contributed by atoms with Gasteiger partial charge < -0.3 is 24.9 Å². The van der Waals surface area contributed by atoms with Gasteiger partial charge in [0.1, 0.15) is 0 Å². The van der Waals surface area contributed by atoms with Crippen LogP contribution in [-0.4, -0.2) is 38.5 Å². The number of rotatable bonds is 6. The number of carboxylic acids is 1. The number of carbonyl (C=O) groups excluding carboxylic acids is 1. The van der Waals surface area contributed by atoms with E-state index in [2.05, 4.69) is 29.6 Å². The van der Waals surface area contributed by atoms with Crippen molar-refractivity contribution in [3.8, 4) is 0 Å². The maximum Gasteiger partial charge on any atom is 0.0736 e. The molecule has 0 aliphatic carbocycles. The normalized spacial score (nSPS) is 14.4. The summed E-state index contributed by atoms with van der Waals surface area (Å²) in [6.45, 7) is 3.23. The van der Waals surface area contributed by atoms with Crippen LogP contribution in [0.2, 0.25) is 0 Å². The van der Waals surface area contributed by atoms with Gasteiger partial charge in [0.05, 0.1) is 19.2 Å². The molecule has 2 aromatic rings. The Bertz CT molecular complexity index is 728. The van der Waals surface area contributed by atoms with E-state index in [9.17, 15) is 9.90 Å². The number of carbonyl (C=O) groups is 1. The van der Waals surface area contributed by atoms with E-state index in [1.165, 1.54) is 4.90 Å². The maximum atomic E-state index is 11.6. The fourth-order valence-corrected chi connectivity index (χ4v) is 3.25. The topological polar surface area (TPSA) is 64.6 Å². The number of hydrogen-bond acceptors (Lipinski definition) is 6. The molecular weight excluding hydrogens is 336 g/mol. The van der Waals surface area contributed by atoms with Crippen molar-refractivity contribution in [2.45, 2.75) is 11.4 Å². The molecule has 3 rings (SSSR count). The van der Waals surface area contributed by atoms with Crippen molar-refractivity contribution in [3.63, 3.8) is 0 Å². The molecule has 132 valence electrons. The summed E-state index contributed by atoms with van der Waals surface area (Å²) >= 11 is 1.71. The van der Waals surface area contributed by atoms with E-state index >= 15 is 0 Å². The van der Waals surface area contributed by atoms with Gasteiger partial charge in [0.25, 0.3) is 0 Å². The molecule has 5 nitrogen and oxygen atoms in total. The number of aromatic carboxylic acids is 1. The summed E-state index contributed by atoms with van der Waals surface area (Å²) in [6, 6.07) is 13.7. The zero-order valence-corrected chi connectivity index (χ0v) is 15.0. The number of hydrogen-bond donors (Lipinski definition) is 1. The highest BCUT2D eigenvalue weighted by Crippen LogP contribution is 2.25. The van der Waals surface area contributed by atoms with Crippen LogP contribution in [0.3, 0.4) is 0 Å². The predicted octanol–water partition coefficient (Wildman–Crippen LogP) is 2.22. The quantitative estimate of drug-likeness (QED) is 0.800. The summed E-state index contributed by atoms with van der Waals surface area (Å²) in [5.41, 5.74) is 2.82. The van der Waals surface area contributed by atoms with Crippen molar-refractivity contribution in [1.29, 1.82) is 0 Å². The molecule has 0 atom stereocenters. The molecule has 0 spiro atoms. The lowest BCUT2D eigenvalue weighted by atomic mass is 10.1. The highest BCUT2D eigenvalue weighted by Gasteiger charge is 2.15. The lowest BCUT2D eigenvalue weighted by molar-refractivity contribution is -0.254. The van der Waals surface area contributed by atoms with Crippen LogP contribution >= 0.6 is 11.8 Å². The molecule has 1 N–H and O–H groups in total. The van der Waals surface area contributed by atoms with Gasteiger partial charge >= 0.3 is 0 Å². The predicted molar refractivity (Wildman–Crippen MR) is 99.4 cm³/mol. The third-order valence-electron chi connectivity index (χ3n) is 4.22. The molecule has 25 heavy (non-hydrogen) atoms. The minimum absolute atomic E-state index is 0.213. The minimum atomic E-state index is -1.16. The Morgan fingerprint density at radius 2 is 1.92 bits per heavy atom. The molecule has 2 aromatic carbocycles. The number of morpholine rings is 1. The highest BCUT2D eigenvalue weighted by molar-refractivity contribution is 7.98. The molecule has 1 saturated heterocycles. The first-order valence-corrected chi connectivity index (χ1v) is 9.45. The van der Waals surface area contributed by atoms with Crippen molar-refractivity contribution in [2.24, 2.45) is 0 Å². The number of anilines is 2. The second-order valence-electron chi connectivity index (χ2n) is 5.82. The van der Waals surface area contributed by atoms with Gasteiger partial charge in [-0.05, 0) is 42.2 Å². The molecule has 1 aliphatic heterocycles. The van der Waals surface area contributed by atoms with E-state index in [1.807, 2.05) is 23.3 Å². The van der Waals surface area contributed by atoms with E-state index in [0.29, 0.717) is 38.5 Å². The van der Waals surface area contributed by atoms with Gasteiger partial charge in [-0.25, -0.2) is 0 Å². The first-order valence-electron chi connectivity index (χ1n) is 8.22. The van der Waals surface area contributed by atoms with Crippen molar-refractivity contribution < 1.29 is 14.6 Å². The Balaban J connectivity index is 1.73. The number of benzene rings is 2. The summed E-state index contributed by atoms with van der Waals surface area (Å²) in [5, 5.41) is 14.8. The van der Waals surface area contributed by atoms with Gasteiger partial charge in [-0.2, -0.15) is 0 Å². The number of nitrogens with zero attached hydrogens (tertiary/aromatic N) is 1. The fourth-order valence-electron chi connectivity index (χ4n) is 2.84. The molecule has 0 unspecified atom stereocenters. The Morgan fingerprint density at radius 3 is 2.56 bits per heavy atom. The molecule has 0 amide bonds. The van der Waals surface area contributed by atoms with E-state index < -0.39 is 5.97 Å². The zero-order chi connectivity index (χ0) is 17.6. The third kappa shape index (κ3) is 4.46. The van der Waals surface area contributed by atoms with E-state index in [0.717, 1.165) is 11.3 Å². The molecule has 0 aromatic heterocycles. The molecule has 0 bridgehead atoms. The fraction of sp³-hybridized carbons (Fsp3) is 0.316. The monoisotopic (exact) mass is 357 g/mol. The Morgan fingerprint density at radius 1 is 1.20 bits per heavy atom. The first-order chi connectivity index (χ1) is 12.2. The molecule has 1 aliphatic rings. The second-order valence-corrected chi connectivity index (χ2v) is 6.70. The van der Waals surface area contributed by atoms with Crippen LogP contribution in [0.1, 0.15) is 15.9 Å². The Kier molecular flexibility index (Phi) is 5.83. The number of nitrogens with one attached hydrogen (secondary N) is 1. The highest BCUT2D eigenvalue weighted by atomic mass is 32.2. The van der Waals surface area contributed by atoms with E-state index in [1.54, 1.807) is 17.8 Å². The molecular formula is C19H21N2O3S-. The van der Waals surface area contributed by atoms with Gasteiger partial charge in [0.15, 0.2) is 0 Å². The van der Waals surface area contributed by atoms with Crippen molar-refractivity contribution in [1.82, 2.24) is 0 Å². The number of thioether (sulfide) groups is 1. The van der Waals surface area contributed by atoms with E-state index in [-0.39, 0.29) is 5.56 Å². The summed E-state index contributed by atoms with van der Waals surface area (Å²) in [6.07, 6.45) is 2.05. The third-order valence-corrected chi connectivity index (χ3v) is 4.97. The Labute approximate surface area is 152 Å². The average Bonchev–Trinajstić information content (AvgIpc) is 2.67. The standard InChI is InChI=1S/C19H22N2O3S/c1-25-16-5-2-14(3-6-16)13-20-15-4-7-18(17(12-15)19(22)23)21-8-10-24-11-9-21/h2-7,12,20H,8-11,13H2,1H3,(H,22,23)/p-1. The van der Waals surface area contributed by atoms with Gasteiger partial charge in [-0.3, -0.25) is 0 Å². The smallest absolute Gasteiger partial charge is 0.0736 e. The number of carboxylic acid groups (broad SMARTS) is 1. The van der Waals surface area contributed by atoms with Crippen LogP contribution in [0.25, 0.3) is 0 Å². The molecule has 0 saturated carbocycles. The van der Waals surface area contributed by atoms with Gasteiger partial charge in [0.2, 0.25) is 0 Å². The van der Waals surface area contributed by atoms with Crippen molar-refractivity contribution >= 4 is 29.1 Å². The van der Waals surface area contributed by atoms with Gasteiger partial charge in [0, 0.05) is 41.5 Å². The summed E-state index contributed by atoms with van der Waals surface area (Å²) in [7, 11) is 0. The minimum Gasteiger partial charge on any atom is -0.545 e. The second kappa shape index (κ2) is 8.27. The van der Waals surface area contributed by atoms with Crippen LogP contribution in [-0.2, 0) is 11.3 Å². The largest absolute Gasteiger partial charge is 0.545 e. The van der Waals surface area contributed by atoms with Gasteiger partial charge in [-0.15, -0.1) is 11.8 Å². The zero-order valence-electron chi connectivity index (χ0n) is 14.2. The van der Waals surface area contributed by atoms with Crippen LogP contribution in [0.15, 0.2) is 47.4 Å². The van der Waals surface area contributed by atoms with Crippen LogP contribution in [0.4, 0.5) is 11.4 Å². The van der Waals surface area contributed by atoms with Crippen LogP contribution in [0, 0.1) is 0 Å². The average molecular weight is 357 g/mol. The van der Waals surface area contributed by atoms with Crippen LogP contribution in [0.5, 0.6) is 0 Å². The SMILES string of the molecule is CSc1ccc(CNc2ccc(N3CCOCC3)c(C(=O)[O-])c2)cc1. The number of ether oxygens (including phenoxy) is 1. The summed E-state index contributed by atoms with van der Waals surface area (Å²) in [4.78, 5) is 14.8. The summed E-state index contributed by atoms with van der Waals surface area (Å²) < 4.78 is 5.33. The molecule has 1 heterocycles. The maximum absolute atomic E-state index is 11.6.